The fourth-order valence-corrected chi connectivity index (χ4v) is 3.97. The van der Waals surface area contributed by atoms with E-state index in [4.69, 9.17) is 4.74 Å². The standard InChI is InChI=1S/C17H20N4O3S/c22-16(18-12-3-1-2-4-12)15-10-21(7-8-24-15)17(23)11-5-6-13-14(9-11)20-25-19-13/h5-6,9,12,15H,1-4,7-8,10H2,(H,18,22)/t15-/m1/s1. The Morgan fingerprint density at radius 3 is 2.84 bits per heavy atom. The number of ether oxygens (including phenoxy) is 1. The number of nitrogens with zero attached hydrogens (tertiary/aromatic N) is 3. The molecule has 2 aliphatic rings. The number of aromatic nitrogens is 2. The van der Waals surface area contributed by atoms with Gasteiger partial charge < -0.3 is 15.0 Å². The molecule has 8 heteroatoms. The fraction of sp³-hybridized carbons (Fsp3) is 0.529. The quantitative estimate of drug-likeness (QED) is 0.899. The van der Waals surface area contributed by atoms with Gasteiger partial charge in [-0.05, 0) is 31.0 Å². The van der Waals surface area contributed by atoms with Crippen molar-refractivity contribution in [3.8, 4) is 0 Å². The van der Waals surface area contributed by atoms with Gasteiger partial charge in [-0.2, -0.15) is 8.75 Å². The van der Waals surface area contributed by atoms with Crippen LogP contribution in [0.15, 0.2) is 18.2 Å². The van der Waals surface area contributed by atoms with Gasteiger partial charge in [-0.1, -0.05) is 12.8 Å². The average Bonchev–Trinajstić information content (AvgIpc) is 3.32. The lowest BCUT2D eigenvalue weighted by Crippen LogP contribution is -2.52. The molecular formula is C17H20N4O3S. The molecule has 4 rings (SSSR count). The minimum atomic E-state index is -0.594. The van der Waals surface area contributed by atoms with Gasteiger partial charge in [-0.25, -0.2) is 0 Å². The molecule has 1 aliphatic carbocycles. The molecule has 1 aromatic carbocycles. The van der Waals surface area contributed by atoms with Gasteiger partial charge in [0.25, 0.3) is 11.8 Å². The van der Waals surface area contributed by atoms with Crippen LogP contribution >= 0.6 is 11.7 Å². The van der Waals surface area contributed by atoms with Crippen molar-refractivity contribution >= 4 is 34.6 Å². The van der Waals surface area contributed by atoms with E-state index >= 15 is 0 Å². The van der Waals surface area contributed by atoms with Crippen molar-refractivity contribution in [2.75, 3.05) is 19.7 Å². The zero-order chi connectivity index (χ0) is 17.2. The molecule has 7 nitrogen and oxygen atoms in total. The lowest BCUT2D eigenvalue weighted by molar-refractivity contribution is -0.137. The van der Waals surface area contributed by atoms with E-state index in [-0.39, 0.29) is 24.4 Å². The van der Waals surface area contributed by atoms with Crippen molar-refractivity contribution in [3.63, 3.8) is 0 Å². The summed E-state index contributed by atoms with van der Waals surface area (Å²) in [5.74, 6) is -0.208. The van der Waals surface area contributed by atoms with Crippen LogP contribution in [0.2, 0.25) is 0 Å². The molecule has 0 unspecified atom stereocenters. The van der Waals surface area contributed by atoms with Crippen LogP contribution in [0.3, 0.4) is 0 Å². The highest BCUT2D eigenvalue weighted by atomic mass is 32.1. The molecule has 1 aliphatic heterocycles. The molecule has 1 saturated carbocycles. The van der Waals surface area contributed by atoms with E-state index in [0.717, 1.165) is 48.4 Å². The first kappa shape index (κ1) is 16.4. The Labute approximate surface area is 149 Å². The van der Waals surface area contributed by atoms with Crippen LogP contribution in [0.25, 0.3) is 11.0 Å². The average molecular weight is 360 g/mol. The van der Waals surface area contributed by atoms with Gasteiger partial charge in [0.1, 0.15) is 11.0 Å². The van der Waals surface area contributed by atoms with Crippen molar-refractivity contribution in [3.05, 3.63) is 23.8 Å². The van der Waals surface area contributed by atoms with Crippen LogP contribution in [-0.4, -0.2) is 57.3 Å². The number of morpholine rings is 1. The summed E-state index contributed by atoms with van der Waals surface area (Å²) in [5.41, 5.74) is 2.08. The first-order valence-electron chi connectivity index (χ1n) is 8.64. The van der Waals surface area contributed by atoms with Crippen LogP contribution in [0, 0.1) is 0 Å². The molecule has 1 aromatic heterocycles. The number of fused-ring (bicyclic) bond motifs is 1. The van der Waals surface area contributed by atoms with E-state index in [1.54, 1.807) is 23.1 Å². The fourth-order valence-electron chi connectivity index (χ4n) is 3.45. The number of carbonyl (C=O) groups is 2. The van der Waals surface area contributed by atoms with Gasteiger partial charge in [0.15, 0.2) is 6.10 Å². The van der Waals surface area contributed by atoms with Crippen molar-refractivity contribution in [2.45, 2.75) is 37.8 Å². The summed E-state index contributed by atoms with van der Waals surface area (Å²) >= 11 is 1.13. The summed E-state index contributed by atoms with van der Waals surface area (Å²) in [6, 6.07) is 5.57. The first-order chi connectivity index (χ1) is 12.2. The molecule has 0 radical (unpaired) electrons. The van der Waals surface area contributed by atoms with Gasteiger partial charge in [-0.15, -0.1) is 0 Å². The molecule has 2 aromatic rings. The second-order valence-corrected chi connectivity index (χ2v) is 7.10. The van der Waals surface area contributed by atoms with Gasteiger partial charge in [0.2, 0.25) is 0 Å². The van der Waals surface area contributed by atoms with Gasteiger partial charge in [-0.3, -0.25) is 9.59 Å². The Balaban J connectivity index is 1.42. The van der Waals surface area contributed by atoms with Crippen molar-refractivity contribution in [1.29, 1.82) is 0 Å². The molecule has 132 valence electrons. The maximum Gasteiger partial charge on any atom is 0.254 e. The summed E-state index contributed by atoms with van der Waals surface area (Å²) in [5, 5.41) is 3.05. The number of carbonyl (C=O) groups excluding carboxylic acids is 2. The highest BCUT2D eigenvalue weighted by Gasteiger charge is 2.31. The second kappa shape index (κ2) is 7.05. The van der Waals surface area contributed by atoms with E-state index < -0.39 is 6.10 Å². The number of hydrogen-bond acceptors (Lipinski definition) is 6. The molecule has 25 heavy (non-hydrogen) atoms. The summed E-state index contributed by atoms with van der Waals surface area (Å²) < 4.78 is 13.9. The zero-order valence-electron chi connectivity index (χ0n) is 13.8. The molecule has 0 bridgehead atoms. The van der Waals surface area contributed by atoms with Crippen LogP contribution < -0.4 is 5.32 Å². The molecule has 2 heterocycles. The lowest BCUT2D eigenvalue weighted by atomic mass is 10.1. The van der Waals surface area contributed by atoms with Crippen molar-refractivity contribution in [2.24, 2.45) is 0 Å². The number of nitrogens with one attached hydrogen (secondary N) is 1. The Kier molecular flexibility index (Phi) is 4.63. The van der Waals surface area contributed by atoms with Gasteiger partial charge >= 0.3 is 0 Å². The maximum absolute atomic E-state index is 12.8. The Morgan fingerprint density at radius 2 is 2.00 bits per heavy atom. The van der Waals surface area contributed by atoms with E-state index in [0.29, 0.717) is 18.7 Å². The highest BCUT2D eigenvalue weighted by Crippen LogP contribution is 2.19. The number of amides is 2. The topological polar surface area (TPSA) is 84.4 Å². The normalized spacial score (nSPS) is 21.6. The lowest BCUT2D eigenvalue weighted by Gasteiger charge is -2.32. The molecule has 0 spiro atoms. The Morgan fingerprint density at radius 1 is 1.20 bits per heavy atom. The highest BCUT2D eigenvalue weighted by molar-refractivity contribution is 7.00. The largest absolute Gasteiger partial charge is 0.365 e. The minimum Gasteiger partial charge on any atom is -0.365 e. The van der Waals surface area contributed by atoms with Crippen LogP contribution in [0.4, 0.5) is 0 Å². The monoisotopic (exact) mass is 360 g/mol. The maximum atomic E-state index is 12.8. The second-order valence-electron chi connectivity index (χ2n) is 6.57. The van der Waals surface area contributed by atoms with Gasteiger partial charge in [0.05, 0.1) is 24.9 Å². The number of benzene rings is 1. The molecule has 2 amide bonds. The molecule has 1 atom stereocenters. The summed E-state index contributed by atoms with van der Waals surface area (Å²) in [4.78, 5) is 26.9. The molecular weight excluding hydrogens is 340 g/mol. The predicted molar refractivity (Wildman–Crippen MR) is 93.5 cm³/mol. The minimum absolute atomic E-state index is 0.100. The van der Waals surface area contributed by atoms with E-state index in [1.165, 1.54) is 0 Å². The van der Waals surface area contributed by atoms with E-state index in [1.807, 2.05) is 0 Å². The SMILES string of the molecule is O=C(NC1CCCC1)[C@H]1CN(C(=O)c2ccc3nsnc3c2)CCO1. The molecule has 1 saturated heterocycles. The Bertz CT molecular complexity index is 787. The summed E-state index contributed by atoms with van der Waals surface area (Å²) in [6.07, 6.45) is 3.79. The third kappa shape index (κ3) is 3.50. The third-order valence-electron chi connectivity index (χ3n) is 4.85. The molecule has 2 fully saturated rings. The number of rotatable bonds is 3. The summed E-state index contributed by atoms with van der Waals surface area (Å²) in [7, 11) is 0. The first-order valence-corrected chi connectivity index (χ1v) is 9.37. The van der Waals surface area contributed by atoms with Crippen LogP contribution in [-0.2, 0) is 9.53 Å². The predicted octanol–water partition coefficient (Wildman–Crippen LogP) is 1.59. The van der Waals surface area contributed by atoms with Crippen LogP contribution in [0.5, 0.6) is 0 Å². The third-order valence-corrected chi connectivity index (χ3v) is 5.41. The van der Waals surface area contributed by atoms with Crippen molar-refractivity contribution < 1.29 is 14.3 Å². The van der Waals surface area contributed by atoms with Gasteiger partial charge in [0, 0.05) is 18.2 Å². The smallest absolute Gasteiger partial charge is 0.254 e. The summed E-state index contributed by atoms with van der Waals surface area (Å²) in [6.45, 7) is 1.14. The van der Waals surface area contributed by atoms with Crippen molar-refractivity contribution in [1.82, 2.24) is 19.0 Å². The zero-order valence-corrected chi connectivity index (χ0v) is 14.6. The van der Waals surface area contributed by atoms with E-state index in [2.05, 4.69) is 14.1 Å². The Hall–Kier alpha value is -2.06. The van der Waals surface area contributed by atoms with Crippen LogP contribution in [0.1, 0.15) is 36.0 Å². The van der Waals surface area contributed by atoms with E-state index in [9.17, 15) is 9.59 Å². The molecule has 1 N–H and O–H groups in total. The number of hydrogen-bond donors (Lipinski definition) is 1.